The van der Waals surface area contributed by atoms with E-state index in [4.69, 9.17) is 9.72 Å². The minimum absolute atomic E-state index is 0.0725. The van der Waals surface area contributed by atoms with Crippen molar-refractivity contribution in [3.63, 3.8) is 0 Å². The maximum absolute atomic E-state index is 12.8. The molecule has 0 aromatic carbocycles. The van der Waals surface area contributed by atoms with Gasteiger partial charge in [-0.2, -0.15) is 0 Å². The third kappa shape index (κ3) is 9.34. The van der Waals surface area contributed by atoms with Gasteiger partial charge in [0.25, 0.3) is 6.43 Å². The Morgan fingerprint density at radius 3 is 2.68 bits per heavy atom. The predicted octanol–water partition coefficient (Wildman–Crippen LogP) is 3.77. The number of nitrogens with one attached hydrogen (secondary N) is 2. The number of unbranched alkanes of at least 4 members (excludes halogenated alkanes) is 1. The number of likely N-dealkylation sites (tertiary alicyclic amines) is 1. The first-order valence-electron chi connectivity index (χ1n) is 13.9. The minimum Gasteiger partial charge on any atom is -0.480 e. The molecule has 2 aliphatic heterocycles. The quantitative estimate of drug-likeness (QED) is 0.291. The highest BCUT2D eigenvalue weighted by atomic mass is 19.3. The van der Waals surface area contributed by atoms with Crippen molar-refractivity contribution in [2.24, 2.45) is 0 Å². The van der Waals surface area contributed by atoms with Crippen LogP contribution in [-0.2, 0) is 22.4 Å². The van der Waals surface area contributed by atoms with Crippen LogP contribution in [0.15, 0.2) is 12.1 Å². The number of ether oxygens (including phenoxy) is 1. The topological polar surface area (TPSA) is 107 Å². The van der Waals surface area contributed by atoms with Crippen LogP contribution in [0, 0.1) is 0 Å². The predicted molar refractivity (Wildman–Crippen MR) is 142 cm³/mol. The van der Waals surface area contributed by atoms with E-state index in [1.165, 1.54) is 5.56 Å². The van der Waals surface area contributed by atoms with Gasteiger partial charge in [0, 0.05) is 37.4 Å². The number of amides is 2. The summed E-state index contributed by atoms with van der Waals surface area (Å²) in [5.41, 5.74) is 2.28. The fraction of sp³-hybridized carbons (Fsp3) is 0.741. The summed E-state index contributed by atoms with van der Waals surface area (Å²) in [6.07, 6.45) is 4.21. The summed E-state index contributed by atoms with van der Waals surface area (Å²) in [6.45, 7) is 5.88. The maximum atomic E-state index is 12.8. The zero-order valence-corrected chi connectivity index (χ0v) is 22.6. The zero-order chi connectivity index (χ0) is 27.5. The van der Waals surface area contributed by atoms with Crippen LogP contribution < -0.4 is 10.6 Å². The van der Waals surface area contributed by atoms with Crippen LogP contribution in [0.1, 0.15) is 63.6 Å². The average molecular weight is 540 g/mol. The molecule has 0 radical (unpaired) electrons. The number of urea groups is 1. The summed E-state index contributed by atoms with van der Waals surface area (Å²) in [5, 5.41) is 15.8. The molecular weight excluding hydrogens is 496 g/mol. The van der Waals surface area contributed by atoms with E-state index >= 15 is 0 Å². The largest absolute Gasteiger partial charge is 0.480 e. The summed E-state index contributed by atoms with van der Waals surface area (Å²) < 4.78 is 30.0. The van der Waals surface area contributed by atoms with Crippen LogP contribution in [-0.4, -0.2) is 95.8 Å². The highest BCUT2D eigenvalue weighted by molar-refractivity contribution is 5.83. The SMILES string of the molecule is CC1CCC(C)N1C(=O)NC(CCN(CCCCc1ccc2c(n1)NCCC2)CCOCC(F)F)C(=O)O. The molecule has 0 bridgehead atoms. The number of anilines is 1. The average Bonchev–Trinajstić information content (AvgIpc) is 3.23. The number of carbonyl (C=O) groups is 2. The smallest absolute Gasteiger partial charge is 0.326 e. The number of nitrogens with zero attached hydrogens (tertiary/aromatic N) is 3. The number of carbonyl (C=O) groups excluding carboxylic acids is 1. The first-order valence-corrected chi connectivity index (χ1v) is 13.9. The second-order valence-electron chi connectivity index (χ2n) is 10.4. The Bertz CT molecular complexity index is 896. The highest BCUT2D eigenvalue weighted by Gasteiger charge is 2.33. The molecule has 3 unspecified atom stereocenters. The second kappa shape index (κ2) is 15.2. The number of pyridine rings is 1. The van der Waals surface area contributed by atoms with E-state index in [1.54, 1.807) is 4.90 Å². The number of aliphatic carboxylic acids is 1. The maximum Gasteiger partial charge on any atom is 0.326 e. The summed E-state index contributed by atoms with van der Waals surface area (Å²) in [4.78, 5) is 33.2. The number of carboxylic acid groups (broad SMARTS) is 1. The third-order valence-electron chi connectivity index (χ3n) is 7.42. The summed E-state index contributed by atoms with van der Waals surface area (Å²) in [5.74, 6) is -0.107. The molecular formula is C27H43F2N5O4. The molecule has 3 heterocycles. The molecule has 1 saturated heterocycles. The van der Waals surface area contributed by atoms with Crippen molar-refractivity contribution < 1.29 is 28.2 Å². The van der Waals surface area contributed by atoms with Gasteiger partial charge >= 0.3 is 12.0 Å². The van der Waals surface area contributed by atoms with Gasteiger partial charge < -0.3 is 30.3 Å². The van der Waals surface area contributed by atoms with Gasteiger partial charge in [-0.3, -0.25) is 0 Å². The number of fused-ring (bicyclic) bond motifs is 1. The van der Waals surface area contributed by atoms with E-state index in [2.05, 4.69) is 22.8 Å². The highest BCUT2D eigenvalue weighted by Crippen LogP contribution is 2.23. The third-order valence-corrected chi connectivity index (χ3v) is 7.42. The van der Waals surface area contributed by atoms with Crippen LogP contribution in [0.3, 0.4) is 0 Å². The Balaban J connectivity index is 1.49. The molecule has 3 rings (SSSR count). The molecule has 214 valence electrons. The van der Waals surface area contributed by atoms with Crippen molar-refractivity contribution in [3.05, 3.63) is 23.4 Å². The van der Waals surface area contributed by atoms with Gasteiger partial charge in [0.1, 0.15) is 18.5 Å². The molecule has 0 spiro atoms. The number of rotatable bonds is 15. The lowest BCUT2D eigenvalue weighted by molar-refractivity contribution is -0.139. The number of aryl methyl sites for hydroxylation is 2. The number of hydrogen-bond acceptors (Lipinski definition) is 6. The first kappa shape index (κ1) is 30.0. The van der Waals surface area contributed by atoms with E-state index in [9.17, 15) is 23.5 Å². The lowest BCUT2D eigenvalue weighted by Crippen LogP contribution is -2.51. The molecule has 3 N–H and O–H groups in total. The molecule has 1 fully saturated rings. The van der Waals surface area contributed by atoms with Crippen molar-refractivity contribution in [3.8, 4) is 0 Å². The summed E-state index contributed by atoms with van der Waals surface area (Å²) in [6, 6.07) is 2.98. The molecule has 38 heavy (non-hydrogen) atoms. The Hall–Kier alpha value is -2.53. The van der Waals surface area contributed by atoms with Crippen LogP contribution in [0.2, 0.25) is 0 Å². The first-order chi connectivity index (χ1) is 18.2. The van der Waals surface area contributed by atoms with E-state index in [0.717, 1.165) is 63.0 Å². The van der Waals surface area contributed by atoms with Crippen molar-refractivity contribution in [1.29, 1.82) is 0 Å². The van der Waals surface area contributed by atoms with Gasteiger partial charge in [0.15, 0.2) is 0 Å². The number of aromatic nitrogens is 1. The lowest BCUT2D eigenvalue weighted by atomic mass is 10.1. The Morgan fingerprint density at radius 2 is 1.97 bits per heavy atom. The lowest BCUT2D eigenvalue weighted by Gasteiger charge is -2.29. The van der Waals surface area contributed by atoms with Crippen LogP contribution in [0.25, 0.3) is 0 Å². The van der Waals surface area contributed by atoms with Crippen LogP contribution >= 0.6 is 0 Å². The van der Waals surface area contributed by atoms with E-state index in [0.29, 0.717) is 19.6 Å². The molecule has 3 atom stereocenters. The van der Waals surface area contributed by atoms with Crippen LogP contribution in [0.5, 0.6) is 0 Å². The molecule has 1 aromatic heterocycles. The standard InChI is InChI=1S/C27H43F2N5O4/c1-19-8-9-20(2)34(19)27(37)32-23(26(35)36)12-15-33(16-17-38-18-24(28)29)14-4-3-7-22-11-10-21-6-5-13-30-25(21)31-22/h10-11,19-20,23-24H,3-9,12-18H2,1-2H3,(H,30,31)(H,32,37)(H,35,36). The van der Waals surface area contributed by atoms with Gasteiger partial charge in [0.2, 0.25) is 0 Å². The molecule has 2 aliphatic rings. The van der Waals surface area contributed by atoms with Crippen molar-refractivity contribution in [2.75, 3.05) is 44.7 Å². The van der Waals surface area contributed by atoms with Gasteiger partial charge in [0.05, 0.1) is 6.61 Å². The van der Waals surface area contributed by atoms with Gasteiger partial charge in [-0.25, -0.2) is 23.4 Å². The minimum atomic E-state index is -2.52. The zero-order valence-electron chi connectivity index (χ0n) is 22.6. The molecule has 2 amide bonds. The number of halogens is 2. The fourth-order valence-electron chi connectivity index (χ4n) is 5.24. The fourth-order valence-corrected chi connectivity index (χ4v) is 5.24. The molecule has 9 nitrogen and oxygen atoms in total. The summed E-state index contributed by atoms with van der Waals surface area (Å²) >= 11 is 0. The monoisotopic (exact) mass is 539 g/mol. The number of carboxylic acids is 1. The van der Waals surface area contributed by atoms with Crippen molar-refractivity contribution in [1.82, 2.24) is 20.1 Å². The molecule has 0 aliphatic carbocycles. The Kier molecular flexibility index (Phi) is 12.0. The van der Waals surface area contributed by atoms with Crippen LogP contribution in [0.4, 0.5) is 19.4 Å². The van der Waals surface area contributed by atoms with Gasteiger partial charge in [-0.15, -0.1) is 0 Å². The molecule has 0 saturated carbocycles. The van der Waals surface area contributed by atoms with Crippen molar-refractivity contribution in [2.45, 2.75) is 89.8 Å². The molecule has 1 aromatic rings. The summed E-state index contributed by atoms with van der Waals surface area (Å²) in [7, 11) is 0. The van der Waals surface area contributed by atoms with E-state index < -0.39 is 25.0 Å². The Labute approximate surface area is 224 Å². The number of alkyl halides is 2. The molecule has 11 heteroatoms. The Morgan fingerprint density at radius 1 is 1.21 bits per heavy atom. The second-order valence-corrected chi connectivity index (χ2v) is 10.4. The van der Waals surface area contributed by atoms with Gasteiger partial charge in [-0.1, -0.05) is 6.07 Å². The van der Waals surface area contributed by atoms with E-state index in [-0.39, 0.29) is 31.1 Å². The van der Waals surface area contributed by atoms with Gasteiger partial charge in [-0.05, 0) is 83.4 Å². The van der Waals surface area contributed by atoms with E-state index in [1.807, 2.05) is 18.7 Å². The normalized spacial score (nSPS) is 19.9. The number of hydrogen-bond donors (Lipinski definition) is 3. The van der Waals surface area contributed by atoms with Crippen molar-refractivity contribution >= 4 is 17.8 Å².